The highest BCUT2D eigenvalue weighted by Crippen LogP contribution is 2.35. The Morgan fingerprint density at radius 3 is 2.77 bits per heavy atom. The first kappa shape index (κ1) is 21.1. The lowest BCUT2D eigenvalue weighted by Gasteiger charge is -2.38. The van der Waals surface area contributed by atoms with Crippen LogP contribution in [0.3, 0.4) is 0 Å². The van der Waals surface area contributed by atoms with Crippen molar-refractivity contribution < 1.29 is 14.3 Å². The topological polar surface area (TPSA) is 67.4 Å². The van der Waals surface area contributed by atoms with E-state index < -0.39 is 0 Å². The molecule has 4 rings (SSSR count). The van der Waals surface area contributed by atoms with Gasteiger partial charge in [-0.15, -0.1) is 0 Å². The minimum absolute atomic E-state index is 0.00234. The number of hydrogen-bond donors (Lipinski definition) is 2. The Morgan fingerprint density at radius 1 is 1.17 bits per heavy atom. The number of carbonyl (C=O) groups is 2. The molecule has 1 saturated heterocycles. The van der Waals surface area contributed by atoms with Gasteiger partial charge in [0.05, 0.1) is 0 Å². The number of para-hydroxylation sites is 1. The van der Waals surface area contributed by atoms with Crippen molar-refractivity contribution in [3.63, 3.8) is 0 Å². The van der Waals surface area contributed by atoms with Crippen molar-refractivity contribution in [1.82, 2.24) is 5.32 Å². The molecule has 2 aromatic rings. The van der Waals surface area contributed by atoms with Crippen molar-refractivity contribution in [1.29, 1.82) is 0 Å². The summed E-state index contributed by atoms with van der Waals surface area (Å²) >= 11 is 3.56. The maximum absolute atomic E-state index is 12.6. The number of fused-ring (bicyclic) bond motifs is 1. The number of nitrogens with one attached hydrogen (secondary N) is 2. The van der Waals surface area contributed by atoms with E-state index in [-0.39, 0.29) is 23.1 Å². The highest BCUT2D eigenvalue weighted by molar-refractivity contribution is 9.10. The predicted molar refractivity (Wildman–Crippen MR) is 120 cm³/mol. The van der Waals surface area contributed by atoms with Crippen molar-refractivity contribution in [2.24, 2.45) is 5.92 Å². The molecule has 0 aliphatic carbocycles. The molecule has 2 aliphatic rings. The first-order chi connectivity index (χ1) is 14.6. The second kappa shape index (κ2) is 9.31. The zero-order chi connectivity index (χ0) is 21.0. The van der Waals surface area contributed by atoms with Crippen LogP contribution in [0.4, 0.5) is 5.69 Å². The van der Waals surface area contributed by atoms with Gasteiger partial charge in [0.1, 0.15) is 0 Å². The molecular weight excluding hydrogens is 444 g/mol. The highest BCUT2D eigenvalue weighted by Gasteiger charge is 2.35. The summed E-state index contributed by atoms with van der Waals surface area (Å²) in [6.07, 6.45) is 3.36. The second-order valence-corrected chi connectivity index (χ2v) is 9.18. The average molecular weight is 471 g/mol. The Kier molecular flexibility index (Phi) is 6.54. The molecule has 1 fully saturated rings. The van der Waals surface area contributed by atoms with E-state index in [1.54, 1.807) is 0 Å². The van der Waals surface area contributed by atoms with Gasteiger partial charge in [-0.25, -0.2) is 0 Å². The van der Waals surface area contributed by atoms with Crippen LogP contribution in [0.25, 0.3) is 0 Å². The molecule has 158 valence electrons. The monoisotopic (exact) mass is 470 g/mol. The van der Waals surface area contributed by atoms with Crippen molar-refractivity contribution >= 4 is 33.4 Å². The molecule has 6 heteroatoms. The first-order valence-corrected chi connectivity index (χ1v) is 11.3. The molecule has 2 heterocycles. The SMILES string of the molecule is O=C(CCC1Cc2ccccc2NC1=O)NCC1(c2cccc(Br)c2)CCOCC1. The lowest BCUT2D eigenvalue weighted by atomic mass is 9.74. The molecule has 2 aliphatic heterocycles. The van der Waals surface area contributed by atoms with Crippen molar-refractivity contribution in [2.75, 3.05) is 25.1 Å². The Balaban J connectivity index is 1.35. The number of rotatable bonds is 6. The quantitative estimate of drug-likeness (QED) is 0.664. The summed E-state index contributed by atoms with van der Waals surface area (Å²) in [5, 5.41) is 6.10. The van der Waals surface area contributed by atoms with Gasteiger partial charge in [-0.05, 0) is 55.0 Å². The predicted octanol–water partition coefficient (Wildman–Crippen LogP) is 4.20. The Labute approximate surface area is 185 Å². The normalized spacial score (nSPS) is 20.2. The van der Waals surface area contributed by atoms with Crippen molar-refractivity contribution in [3.8, 4) is 0 Å². The molecule has 1 unspecified atom stereocenters. The highest BCUT2D eigenvalue weighted by atomic mass is 79.9. The smallest absolute Gasteiger partial charge is 0.227 e. The van der Waals surface area contributed by atoms with Gasteiger partial charge in [-0.2, -0.15) is 0 Å². The number of hydrogen-bond acceptors (Lipinski definition) is 3. The molecule has 1 atom stereocenters. The standard InChI is InChI=1S/C24H27BrN2O3/c25-20-6-3-5-19(15-20)24(10-12-30-13-11-24)16-26-22(28)9-8-18-14-17-4-1-2-7-21(17)27-23(18)29/h1-7,15,18H,8-14,16H2,(H,26,28)(H,27,29). The van der Waals surface area contributed by atoms with E-state index in [1.807, 2.05) is 36.4 Å². The maximum atomic E-state index is 12.6. The average Bonchev–Trinajstić information content (AvgIpc) is 2.77. The van der Waals surface area contributed by atoms with Crippen LogP contribution in [0.1, 0.15) is 36.8 Å². The van der Waals surface area contributed by atoms with Crippen molar-refractivity contribution in [2.45, 2.75) is 37.5 Å². The van der Waals surface area contributed by atoms with E-state index in [2.05, 4.69) is 38.7 Å². The van der Waals surface area contributed by atoms with Crippen LogP contribution in [0.2, 0.25) is 0 Å². The van der Waals surface area contributed by atoms with Crippen LogP contribution in [-0.2, 0) is 26.2 Å². The first-order valence-electron chi connectivity index (χ1n) is 10.5. The largest absolute Gasteiger partial charge is 0.381 e. The van der Waals surface area contributed by atoms with E-state index in [1.165, 1.54) is 5.56 Å². The lowest BCUT2D eigenvalue weighted by Crippen LogP contribution is -2.44. The maximum Gasteiger partial charge on any atom is 0.227 e. The van der Waals surface area contributed by atoms with Gasteiger partial charge >= 0.3 is 0 Å². The van der Waals surface area contributed by atoms with Gasteiger partial charge in [-0.1, -0.05) is 46.3 Å². The fourth-order valence-corrected chi connectivity index (χ4v) is 4.86. The molecule has 5 nitrogen and oxygen atoms in total. The molecular formula is C24H27BrN2O3. The van der Waals surface area contributed by atoms with E-state index in [4.69, 9.17) is 4.74 Å². The van der Waals surface area contributed by atoms with Gasteiger partial charge in [-0.3, -0.25) is 9.59 Å². The van der Waals surface area contributed by atoms with Gasteiger partial charge in [0.25, 0.3) is 0 Å². The molecule has 2 amide bonds. The van der Waals surface area contributed by atoms with Crippen LogP contribution >= 0.6 is 15.9 Å². The summed E-state index contributed by atoms with van der Waals surface area (Å²) in [5.41, 5.74) is 3.14. The fourth-order valence-electron chi connectivity index (χ4n) is 4.46. The minimum Gasteiger partial charge on any atom is -0.381 e. The van der Waals surface area contributed by atoms with E-state index in [0.29, 0.717) is 39.0 Å². The van der Waals surface area contributed by atoms with Crippen molar-refractivity contribution in [3.05, 3.63) is 64.1 Å². The summed E-state index contributed by atoms with van der Waals surface area (Å²) < 4.78 is 6.62. The van der Waals surface area contributed by atoms with Crippen LogP contribution in [0, 0.1) is 5.92 Å². The molecule has 0 radical (unpaired) electrons. The number of ether oxygens (including phenoxy) is 1. The van der Waals surface area contributed by atoms with E-state index in [0.717, 1.165) is 28.6 Å². The zero-order valence-electron chi connectivity index (χ0n) is 17.0. The van der Waals surface area contributed by atoms with Gasteiger partial charge in [0.15, 0.2) is 0 Å². The van der Waals surface area contributed by atoms with E-state index in [9.17, 15) is 9.59 Å². The van der Waals surface area contributed by atoms with Crippen LogP contribution in [0.5, 0.6) is 0 Å². The third-order valence-corrected chi connectivity index (χ3v) is 6.84. The third kappa shape index (κ3) is 4.76. The number of halogens is 1. The number of amides is 2. The zero-order valence-corrected chi connectivity index (χ0v) is 18.5. The molecule has 2 N–H and O–H groups in total. The molecule has 30 heavy (non-hydrogen) atoms. The van der Waals surface area contributed by atoms with Crippen LogP contribution in [-0.4, -0.2) is 31.6 Å². The summed E-state index contributed by atoms with van der Waals surface area (Å²) in [4.78, 5) is 25.0. The Bertz CT molecular complexity index is 924. The third-order valence-electron chi connectivity index (χ3n) is 6.34. The van der Waals surface area contributed by atoms with Crippen LogP contribution < -0.4 is 10.6 Å². The van der Waals surface area contributed by atoms with Gasteiger partial charge < -0.3 is 15.4 Å². The molecule has 0 bridgehead atoms. The summed E-state index contributed by atoms with van der Waals surface area (Å²) in [5.74, 6) is -0.146. The van der Waals surface area contributed by atoms with Gasteiger partial charge in [0, 0.05) is 47.7 Å². The Hall–Kier alpha value is -2.18. The molecule has 2 aromatic carbocycles. The summed E-state index contributed by atoms with van der Waals surface area (Å²) in [6.45, 7) is 1.99. The summed E-state index contributed by atoms with van der Waals surface area (Å²) in [7, 11) is 0. The van der Waals surface area contributed by atoms with E-state index >= 15 is 0 Å². The summed E-state index contributed by atoms with van der Waals surface area (Å²) in [6, 6.07) is 16.2. The van der Waals surface area contributed by atoms with Gasteiger partial charge in [0.2, 0.25) is 11.8 Å². The molecule has 0 spiro atoms. The fraction of sp³-hybridized carbons (Fsp3) is 0.417. The van der Waals surface area contributed by atoms with Crippen LogP contribution in [0.15, 0.2) is 53.0 Å². The number of benzene rings is 2. The second-order valence-electron chi connectivity index (χ2n) is 8.27. The Morgan fingerprint density at radius 2 is 1.97 bits per heavy atom. The number of anilines is 1. The molecule has 0 saturated carbocycles. The number of carbonyl (C=O) groups excluding carboxylic acids is 2. The lowest BCUT2D eigenvalue weighted by molar-refractivity contribution is -0.123. The minimum atomic E-state index is -0.159. The molecule has 0 aromatic heterocycles.